The Morgan fingerprint density at radius 3 is 1.90 bits per heavy atom. The number of carbonyl (C=O) groups excluding carboxylic acids is 1. The van der Waals surface area contributed by atoms with Gasteiger partial charge in [-0.1, -0.05) is 116 Å². The molecular formula is C26H48O3. The molecule has 1 aromatic rings. The van der Waals surface area contributed by atoms with Crippen molar-refractivity contribution >= 4 is 5.97 Å². The predicted molar refractivity (Wildman–Crippen MR) is 126 cm³/mol. The second kappa shape index (κ2) is 21.4. The van der Waals surface area contributed by atoms with E-state index in [2.05, 4.69) is 6.92 Å². The van der Waals surface area contributed by atoms with Crippen LogP contribution in [0.3, 0.4) is 0 Å². The van der Waals surface area contributed by atoms with Crippen molar-refractivity contribution in [3.05, 3.63) is 35.9 Å². The molecule has 0 saturated heterocycles. The van der Waals surface area contributed by atoms with Crippen molar-refractivity contribution in [3.8, 4) is 0 Å². The van der Waals surface area contributed by atoms with Gasteiger partial charge in [0.25, 0.3) is 0 Å². The third kappa shape index (κ3) is 18.4. The zero-order valence-electron chi connectivity index (χ0n) is 17.6. The second-order valence-corrected chi connectivity index (χ2v) is 7.59. The third-order valence-corrected chi connectivity index (χ3v) is 4.78. The van der Waals surface area contributed by atoms with Crippen molar-refractivity contribution < 1.29 is 14.3 Å². The predicted octanol–water partition coefficient (Wildman–Crippen LogP) is 8.11. The average Bonchev–Trinajstić information content (AvgIpc) is 2.67. The molecule has 0 amide bonds. The van der Waals surface area contributed by atoms with Gasteiger partial charge >= 0.3 is 5.97 Å². The van der Waals surface area contributed by atoms with Gasteiger partial charge in [0, 0.05) is 6.42 Å². The molecule has 0 aliphatic heterocycles. The zero-order chi connectivity index (χ0) is 19.6. The fourth-order valence-corrected chi connectivity index (χ4v) is 3.17. The molecule has 0 N–H and O–H groups in total. The SMILES string of the molecule is C.C.CCCCCCCCCCCCCC(=O)OC(C)COCc1ccccc1. The first kappa shape index (κ1) is 29.8. The highest BCUT2D eigenvalue weighted by molar-refractivity contribution is 5.69. The standard InChI is InChI=1S/C24H40O3.2CH4/c1-3-4-5-6-7-8-9-10-11-12-16-19-24(25)27-22(2)20-26-21-23-17-14-13-15-18-23;;/h13-15,17-18,22H,3-12,16,19-21H2,1-2H3;2*1H4. The molecule has 0 radical (unpaired) electrons. The first-order chi connectivity index (χ1) is 13.2. The molecule has 3 heteroatoms. The maximum atomic E-state index is 11.9. The topological polar surface area (TPSA) is 35.5 Å². The van der Waals surface area contributed by atoms with Gasteiger partial charge in [0.05, 0.1) is 13.2 Å². The van der Waals surface area contributed by atoms with E-state index in [-0.39, 0.29) is 26.9 Å². The Labute approximate surface area is 181 Å². The molecule has 1 aromatic carbocycles. The highest BCUT2D eigenvalue weighted by atomic mass is 16.6. The number of ether oxygens (including phenoxy) is 2. The molecule has 0 fully saturated rings. The molecule has 0 aromatic heterocycles. The Balaban J connectivity index is 0. The van der Waals surface area contributed by atoms with Crippen LogP contribution in [0.25, 0.3) is 0 Å². The van der Waals surface area contributed by atoms with Crippen molar-refractivity contribution in [1.29, 1.82) is 0 Å². The van der Waals surface area contributed by atoms with Gasteiger partial charge in [-0.25, -0.2) is 0 Å². The second-order valence-electron chi connectivity index (χ2n) is 7.59. The first-order valence-corrected chi connectivity index (χ1v) is 11.0. The Bertz CT molecular complexity index is 458. The number of carbonyl (C=O) groups is 1. The minimum atomic E-state index is -0.186. The molecule has 0 heterocycles. The number of hydrogen-bond donors (Lipinski definition) is 0. The van der Waals surface area contributed by atoms with Crippen LogP contribution >= 0.6 is 0 Å². The monoisotopic (exact) mass is 408 g/mol. The fourth-order valence-electron chi connectivity index (χ4n) is 3.17. The molecule has 0 spiro atoms. The maximum absolute atomic E-state index is 11.9. The summed E-state index contributed by atoms with van der Waals surface area (Å²) in [7, 11) is 0. The van der Waals surface area contributed by atoms with Gasteiger partial charge < -0.3 is 9.47 Å². The Morgan fingerprint density at radius 1 is 0.828 bits per heavy atom. The van der Waals surface area contributed by atoms with Gasteiger partial charge in [0.2, 0.25) is 0 Å². The highest BCUT2D eigenvalue weighted by Crippen LogP contribution is 2.12. The lowest BCUT2D eigenvalue weighted by molar-refractivity contribution is -0.151. The van der Waals surface area contributed by atoms with Crippen molar-refractivity contribution in [2.45, 2.75) is 118 Å². The Morgan fingerprint density at radius 2 is 1.34 bits per heavy atom. The number of benzene rings is 1. The molecule has 1 atom stereocenters. The number of esters is 1. The molecule has 170 valence electrons. The lowest BCUT2D eigenvalue weighted by Gasteiger charge is -2.13. The summed E-state index contributed by atoms with van der Waals surface area (Å²) in [6.45, 7) is 5.15. The maximum Gasteiger partial charge on any atom is 0.306 e. The normalized spacial score (nSPS) is 11.2. The van der Waals surface area contributed by atoms with E-state index in [4.69, 9.17) is 9.47 Å². The molecule has 3 nitrogen and oxygen atoms in total. The third-order valence-electron chi connectivity index (χ3n) is 4.78. The lowest BCUT2D eigenvalue weighted by atomic mass is 10.1. The molecule has 0 aliphatic rings. The van der Waals surface area contributed by atoms with E-state index in [9.17, 15) is 4.79 Å². The summed E-state index contributed by atoms with van der Waals surface area (Å²) < 4.78 is 11.0. The molecular weight excluding hydrogens is 360 g/mol. The van der Waals surface area contributed by atoms with Crippen molar-refractivity contribution in [2.75, 3.05) is 6.61 Å². The van der Waals surface area contributed by atoms with E-state index in [0.717, 1.165) is 18.4 Å². The molecule has 0 bridgehead atoms. The summed E-state index contributed by atoms with van der Waals surface area (Å²) in [5.74, 6) is -0.0956. The van der Waals surface area contributed by atoms with E-state index in [1.54, 1.807) is 0 Å². The van der Waals surface area contributed by atoms with Crippen molar-refractivity contribution in [3.63, 3.8) is 0 Å². The van der Waals surface area contributed by atoms with Crippen LogP contribution in [0.4, 0.5) is 0 Å². The van der Waals surface area contributed by atoms with Crippen LogP contribution < -0.4 is 0 Å². The van der Waals surface area contributed by atoms with Crippen LogP contribution in [0.5, 0.6) is 0 Å². The van der Waals surface area contributed by atoms with Crippen molar-refractivity contribution in [2.24, 2.45) is 0 Å². The first-order valence-electron chi connectivity index (χ1n) is 11.0. The van der Waals surface area contributed by atoms with E-state index < -0.39 is 0 Å². The van der Waals surface area contributed by atoms with Crippen LogP contribution in [0.1, 0.15) is 111 Å². The van der Waals surface area contributed by atoms with E-state index in [0.29, 0.717) is 19.6 Å². The van der Waals surface area contributed by atoms with E-state index >= 15 is 0 Å². The number of unbranched alkanes of at least 4 members (excludes halogenated alkanes) is 10. The number of hydrogen-bond acceptors (Lipinski definition) is 3. The van der Waals surface area contributed by atoms with E-state index in [1.165, 1.54) is 57.8 Å². The lowest BCUT2D eigenvalue weighted by Crippen LogP contribution is -2.20. The van der Waals surface area contributed by atoms with Gasteiger partial charge in [0.1, 0.15) is 6.10 Å². The van der Waals surface area contributed by atoms with Crippen LogP contribution in [-0.4, -0.2) is 18.7 Å². The van der Waals surface area contributed by atoms with Gasteiger partial charge in [-0.2, -0.15) is 0 Å². The summed E-state index contributed by atoms with van der Waals surface area (Å²) in [5, 5.41) is 0. The van der Waals surface area contributed by atoms with Crippen LogP contribution in [-0.2, 0) is 20.9 Å². The van der Waals surface area contributed by atoms with Crippen LogP contribution in [0, 0.1) is 0 Å². The molecule has 1 rings (SSSR count). The van der Waals surface area contributed by atoms with Gasteiger partial charge in [-0.05, 0) is 18.9 Å². The summed E-state index contributed by atoms with van der Waals surface area (Å²) in [4.78, 5) is 11.9. The van der Waals surface area contributed by atoms with Crippen LogP contribution in [0.2, 0.25) is 0 Å². The molecule has 1 unspecified atom stereocenters. The highest BCUT2D eigenvalue weighted by Gasteiger charge is 2.09. The van der Waals surface area contributed by atoms with Gasteiger partial charge in [-0.15, -0.1) is 0 Å². The van der Waals surface area contributed by atoms with Crippen LogP contribution in [0.15, 0.2) is 30.3 Å². The fraction of sp³-hybridized carbons (Fsp3) is 0.731. The Hall–Kier alpha value is -1.35. The summed E-state index contributed by atoms with van der Waals surface area (Å²) in [6, 6.07) is 10.0. The smallest absolute Gasteiger partial charge is 0.306 e. The van der Waals surface area contributed by atoms with Gasteiger partial charge in [-0.3, -0.25) is 4.79 Å². The average molecular weight is 409 g/mol. The van der Waals surface area contributed by atoms with Crippen molar-refractivity contribution in [1.82, 2.24) is 0 Å². The summed E-state index contributed by atoms with van der Waals surface area (Å²) in [5.41, 5.74) is 1.14. The largest absolute Gasteiger partial charge is 0.460 e. The quantitative estimate of drug-likeness (QED) is 0.193. The minimum absolute atomic E-state index is 0. The summed E-state index contributed by atoms with van der Waals surface area (Å²) in [6.07, 6.45) is 14.5. The molecule has 0 saturated carbocycles. The Kier molecular flexibility index (Phi) is 22.0. The minimum Gasteiger partial charge on any atom is -0.460 e. The molecule has 0 aliphatic carbocycles. The zero-order valence-corrected chi connectivity index (χ0v) is 17.6. The number of rotatable bonds is 17. The van der Waals surface area contributed by atoms with Gasteiger partial charge in [0.15, 0.2) is 0 Å². The van der Waals surface area contributed by atoms with E-state index in [1.807, 2.05) is 37.3 Å². The summed E-state index contributed by atoms with van der Waals surface area (Å²) >= 11 is 0. The molecule has 29 heavy (non-hydrogen) atoms.